The van der Waals surface area contributed by atoms with Gasteiger partial charge >= 0.3 is 0 Å². The number of nitrogens with zero attached hydrogens (tertiary/aromatic N) is 2. The van der Waals surface area contributed by atoms with Gasteiger partial charge in [-0.25, -0.2) is 0 Å². The molecule has 0 unspecified atom stereocenters. The van der Waals surface area contributed by atoms with Crippen LogP contribution >= 0.6 is 11.3 Å². The summed E-state index contributed by atoms with van der Waals surface area (Å²) in [6.45, 7) is 8.99. The van der Waals surface area contributed by atoms with E-state index in [-0.39, 0.29) is 17.7 Å². The van der Waals surface area contributed by atoms with Crippen molar-refractivity contribution in [3.63, 3.8) is 0 Å². The van der Waals surface area contributed by atoms with Gasteiger partial charge < -0.3 is 15.1 Å². The Kier molecular flexibility index (Phi) is 6.16. The Hall–Kier alpha value is -2.34. The van der Waals surface area contributed by atoms with Crippen LogP contribution in [0.4, 0.5) is 5.69 Å². The quantitative estimate of drug-likeness (QED) is 0.860. The van der Waals surface area contributed by atoms with Crippen molar-refractivity contribution in [3.05, 3.63) is 52.2 Å². The maximum Gasteiger partial charge on any atom is 0.262 e. The molecule has 1 N–H and O–H groups in total. The number of hydrogen-bond acceptors (Lipinski definition) is 4. The molecule has 0 bridgehead atoms. The molecule has 6 heteroatoms. The topological polar surface area (TPSA) is 52.6 Å². The van der Waals surface area contributed by atoms with E-state index in [0.29, 0.717) is 18.0 Å². The third kappa shape index (κ3) is 4.69. The summed E-state index contributed by atoms with van der Waals surface area (Å²) >= 11 is 1.39. The van der Waals surface area contributed by atoms with Gasteiger partial charge in [-0.3, -0.25) is 9.59 Å². The first kappa shape index (κ1) is 19.4. The van der Waals surface area contributed by atoms with Crippen molar-refractivity contribution in [3.8, 4) is 0 Å². The molecule has 5 nitrogen and oxygen atoms in total. The van der Waals surface area contributed by atoms with Crippen molar-refractivity contribution in [1.29, 1.82) is 0 Å². The first-order valence-electron chi connectivity index (χ1n) is 9.40. The molecule has 0 saturated carbocycles. The van der Waals surface area contributed by atoms with E-state index in [4.69, 9.17) is 0 Å². The van der Waals surface area contributed by atoms with E-state index in [9.17, 15) is 9.59 Å². The van der Waals surface area contributed by atoms with E-state index in [2.05, 4.69) is 41.4 Å². The fourth-order valence-corrected chi connectivity index (χ4v) is 3.97. The molecule has 1 aromatic carbocycles. The van der Waals surface area contributed by atoms with Crippen molar-refractivity contribution >= 4 is 28.8 Å². The monoisotopic (exact) mass is 385 g/mol. The molecular formula is C21H27N3O2S. The van der Waals surface area contributed by atoms with E-state index >= 15 is 0 Å². The lowest BCUT2D eigenvalue weighted by Crippen LogP contribution is -2.56. The highest BCUT2D eigenvalue weighted by Gasteiger charge is 2.31. The number of amides is 2. The Balaban J connectivity index is 1.61. The van der Waals surface area contributed by atoms with Crippen LogP contribution in [0.15, 0.2) is 41.8 Å². The zero-order valence-corrected chi connectivity index (χ0v) is 17.0. The Morgan fingerprint density at radius 3 is 2.41 bits per heavy atom. The summed E-state index contributed by atoms with van der Waals surface area (Å²) in [6, 6.07) is 11.6. The lowest BCUT2D eigenvalue weighted by molar-refractivity contribution is -0.134. The molecule has 0 spiro atoms. The number of carbonyl (C=O) groups is 2. The molecular weight excluding hydrogens is 358 g/mol. The van der Waals surface area contributed by atoms with Gasteiger partial charge in [-0.15, -0.1) is 11.3 Å². The second-order valence-electron chi connectivity index (χ2n) is 7.32. The summed E-state index contributed by atoms with van der Waals surface area (Å²) < 4.78 is 0. The van der Waals surface area contributed by atoms with Crippen molar-refractivity contribution in [2.24, 2.45) is 5.92 Å². The fraction of sp³-hybridized carbons (Fsp3) is 0.429. The summed E-state index contributed by atoms with van der Waals surface area (Å²) in [5.41, 5.74) is 2.44. The van der Waals surface area contributed by atoms with Crippen molar-refractivity contribution in [2.45, 2.75) is 26.8 Å². The third-order valence-electron chi connectivity index (χ3n) is 4.92. The van der Waals surface area contributed by atoms with Crippen LogP contribution < -0.4 is 10.2 Å². The molecule has 3 rings (SSSR count). The first-order chi connectivity index (χ1) is 13.0. The lowest BCUT2D eigenvalue weighted by atomic mass is 10.0. The van der Waals surface area contributed by atoms with Gasteiger partial charge in [0, 0.05) is 31.9 Å². The number of nitrogens with one attached hydrogen (secondary N) is 1. The third-order valence-corrected chi connectivity index (χ3v) is 5.79. The Morgan fingerprint density at radius 1 is 1.07 bits per heavy atom. The summed E-state index contributed by atoms with van der Waals surface area (Å²) in [4.78, 5) is 30.3. The molecule has 27 heavy (non-hydrogen) atoms. The van der Waals surface area contributed by atoms with E-state index in [1.165, 1.54) is 22.6 Å². The van der Waals surface area contributed by atoms with E-state index in [0.717, 1.165) is 13.1 Å². The van der Waals surface area contributed by atoms with E-state index < -0.39 is 6.04 Å². The highest BCUT2D eigenvalue weighted by molar-refractivity contribution is 7.12. The lowest BCUT2D eigenvalue weighted by Gasteiger charge is -2.38. The SMILES string of the molecule is Cc1cccc(N2CCN(C(=O)[C@H](NC(=O)c3cccs3)C(C)C)CC2)c1. The molecule has 144 valence electrons. The van der Waals surface area contributed by atoms with E-state index in [1.807, 2.05) is 30.2 Å². The fourth-order valence-electron chi connectivity index (χ4n) is 3.34. The van der Waals surface area contributed by atoms with Crippen LogP contribution in [0, 0.1) is 12.8 Å². The zero-order chi connectivity index (χ0) is 19.4. The second-order valence-corrected chi connectivity index (χ2v) is 8.27. The Labute approximate surface area is 165 Å². The number of benzene rings is 1. The number of anilines is 1. The molecule has 0 aliphatic carbocycles. The molecule has 1 atom stereocenters. The average Bonchev–Trinajstić information content (AvgIpc) is 3.20. The number of aryl methyl sites for hydroxylation is 1. The Morgan fingerprint density at radius 2 is 1.81 bits per heavy atom. The largest absolute Gasteiger partial charge is 0.368 e. The van der Waals surface area contributed by atoms with Crippen molar-refractivity contribution in [1.82, 2.24) is 10.2 Å². The van der Waals surface area contributed by atoms with Crippen LogP contribution in [0.5, 0.6) is 0 Å². The first-order valence-corrected chi connectivity index (χ1v) is 10.3. The van der Waals surface area contributed by atoms with Gasteiger partial charge in [0.15, 0.2) is 0 Å². The Bertz CT molecular complexity index is 780. The molecule has 0 radical (unpaired) electrons. The highest BCUT2D eigenvalue weighted by atomic mass is 32.1. The highest BCUT2D eigenvalue weighted by Crippen LogP contribution is 2.19. The predicted molar refractivity (Wildman–Crippen MR) is 110 cm³/mol. The van der Waals surface area contributed by atoms with Crippen molar-refractivity contribution < 1.29 is 9.59 Å². The predicted octanol–water partition coefficient (Wildman–Crippen LogP) is 3.16. The minimum Gasteiger partial charge on any atom is -0.368 e. The molecule has 1 aliphatic heterocycles. The number of piperazine rings is 1. The van der Waals surface area contributed by atoms with Gasteiger partial charge in [0.05, 0.1) is 4.88 Å². The number of hydrogen-bond donors (Lipinski definition) is 1. The smallest absolute Gasteiger partial charge is 0.262 e. The molecule has 1 aliphatic rings. The minimum absolute atomic E-state index is 0.0128. The zero-order valence-electron chi connectivity index (χ0n) is 16.1. The van der Waals surface area contributed by atoms with Gasteiger partial charge in [-0.05, 0) is 42.0 Å². The minimum atomic E-state index is -0.495. The summed E-state index contributed by atoms with van der Waals surface area (Å²) in [7, 11) is 0. The molecule has 1 fully saturated rings. The van der Waals surface area contributed by atoms with Crippen molar-refractivity contribution in [2.75, 3.05) is 31.1 Å². The molecule has 2 heterocycles. The second kappa shape index (κ2) is 8.57. The van der Waals surface area contributed by atoms with Crippen LogP contribution in [-0.4, -0.2) is 48.9 Å². The molecule has 1 aromatic heterocycles. The van der Waals surface area contributed by atoms with Gasteiger partial charge in [0.1, 0.15) is 6.04 Å². The summed E-state index contributed by atoms with van der Waals surface area (Å²) in [6.07, 6.45) is 0. The number of thiophene rings is 1. The molecule has 2 aromatic rings. The van der Waals surface area contributed by atoms with Gasteiger partial charge in [0.2, 0.25) is 5.91 Å². The van der Waals surface area contributed by atoms with Gasteiger partial charge in [0.25, 0.3) is 5.91 Å². The molecule has 1 saturated heterocycles. The van der Waals surface area contributed by atoms with Crippen LogP contribution in [0.3, 0.4) is 0 Å². The number of rotatable bonds is 5. The van der Waals surface area contributed by atoms with E-state index in [1.54, 1.807) is 6.07 Å². The van der Waals surface area contributed by atoms with Crippen LogP contribution in [0.2, 0.25) is 0 Å². The van der Waals surface area contributed by atoms with Crippen LogP contribution in [0.25, 0.3) is 0 Å². The maximum atomic E-state index is 13.0. The molecule has 2 amide bonds. The standard InChI is InChI=1S/C21H27N3O2S/c1-15(2)19(22-20(25)18-8-5-13-27-18)21(26)24-11-9-23(10-12-24)17-7-4-6-16(3)14-17/h4-8,13-15,19H,9-12H2,1-3H3,(H,22,25)/t19-/m1/s1. The van der Waals surface area contributed by atoms with Gasteiger partial charge in [-0.2, -0.15) is 0 Å². The normalized spacial score (nSPS) is 15.7. The summed E-state index contributed by atoms with van der Waals surface area (Å²) in [5, 5.41) is 4.80. The summed E-state index contributed by atoms with van der Waals surface area (Å²) in [5.74, 6) is -0.120. The maximum absolute atomic E-state index is 13.0. The van der Waals surface area contributed by atoms with Crippen LogP contribution in [0.1, 0.15) is 29.1 Å². The average molecular weight is 386 g/mol. The van der Waals surface area contributed by atoms with Crippen LogP contribution in [-0.2, 0) is 4.79 Å². The number of carbonyl (C=O) groups excluding carboxylic acids is 2. The van der Waals surface area contributed by atoms with Gasteiger partial charge in [-0.1, -0.05) is 32.0 Å².